The van der Waals surface area contributed by atoms with E-state index in [-0.39, 0.29) is 5.75 Å². The molecule has 1 aliphatic rings. The molecule has 1 aromatic heterocycles. The van der Waals surface area contributed by atoms with Crippen molar-refractivity contribution in [3.8, 4) is 0 Å². The molecule has 0 amide bonds. The van der Waals surface area contributed by atoms with Crippen LogP contribution in [-0.2, 0) is 9.84 Å². The standard InChI is InChI=1S/C7H4O2S2/c8-11(9)4-2-6-1-3-10-7(6)5-11/h1,3H,4H2. The van der Waals surface area contributed by atoms with Crippen molar-refractivity contribution in [3.63, 3.8) is 0 Å². The van der Waals surface area contributed by atoms with Gasteiger partial charge in [0.15, 0.2) is 15.6 Å². The molecule has 1 aliphatic heterocycles. The van der Waals surface area contributed by atoms with Crippen LogP contribution in [0.25, 0.3) is 0 Å². The minimum atomic E-state index is -3.12. The molecular formula is C7H4O2S2. The first kappa shape index (κ1) is 7.31. The van der Waals surface area contributed by atoms with E-state index in [0.29, 0.717) is 4.88 Å². The summed E-state index contributed by atoms with van der Waals surface area (Å²) in [6, 6.07) is 1.85. The predicted molar refractivity (Wildman–Crippen MR) is 42.8 cm³/mol. The molecule has 56 valence electrons. The van der Waals surface area contributed by atoms with Gasteiger partial charge in [-0.2, -0.15) is 0 Å². The van der Waals surface area contributed by atoms with Crippen LogP contribution in [0.5, 0.6) is 0 Å². The van der Waals surface area contributed by atoms with Gasteiger partial charge in [0, 0.05) is 11.3 Å². The minimum Gasteiger partial charge on any atom is -0.228 e. The highest BCUT2D eigenvalue weighted by molar-refractivity contribution is 7.93. The second-order valence-corrected chi connectivity index (χ2v) is 4.84. The Kier molecular flexibility index (Phi) is 1.54. The number of fused-ring (bicyclic) bond motifs is 1. The van der Waals surface area contributed by atoms with Crippen LogP contribution in [-0.4, -0.2) is 14.2 Å². The van der Waals surface area contributed by atoms with Crippen LogP contribution in [0.3, 0.4) is 0 Å². The monoisotopic (exact) mass is 184 g/mol. The first-order valence-corrected chi connectivity index (χ1v) is 5.52. The molecular weight excluding hydrogens is 180 g/mol. The van der Waals surface area contributed by atoms with Gasteiger partial charge in [0.05, 0.1) is 5.75 Å². The fraction of sp³-hybridized carbons (Fsp3) is 0.143. The Hall–Kier alpha value is -0.350. The molecule has 2 rings (SSSR count). The summed E-state index contributed by atoms with van der Waals surface area (Å²) in [5.41, 5.74) is 0.866. The van der Waals surface area contributed by atoms with Crippen LogP contribution < -0.4 is 0 Å². The van der Waals surface area contributed by atoms with Crippen molar-refractivity contribution in [1.29, 1.82) is 0 Å². The van der Waals surface area contributed by atoms with E-state index in [9.17, 15) is 8.42 Å². The molecule has 11 heavy (non-hydrogen) atoms. The number of rotatable bonds is 0. The summed E-state index contributed by atoms with van der Waals surface area (Å²) in [7, 11) is -3.12. The summed E-state index contributed by atoms with van der Waals surface area (Å²) in [6.45, 7) is 0. The van der Waals surface area contributed by atoms with Crippen LogP contribution >= 0.6 is 11.3 Å². The van der Waals surface area contributed by atoms with Crippen LogP contribution in [0.2, 0.25) is 0 Å². The van der Waals surface area contributed by atoms with Gasteiger partial charge in [-0.25, -0.2) is 8.42 Å². The fourth-order valence-corrected chi connectivity index (χ4v) is 2.87. The van der Waals surface area contributed by atoms with E-state index in [1.54, 1.807) is 0 Å². The average molecular weight is 184 g/mol. The van der Waals surface area contributed by atoms with E-state index in [0.717, 1.165) is 5.56 Å². The van der Waals surface area contributed by atoms with Crippen molar-refractivity contribution in [2.24, 2.45) is 0 Å². The number of hydrogen-bond acceptors (Lipinski definition) is 3. The highest BCUT2D eigenvalue weighted by Gasteiger charge is 2.23. The molecule has 2 nitrogen and oxygen atoms in total. The van der Waals surface area contributed by atoms with Gasteiger partial charge < -0.3 is 0 Å². The van der Waals surface area contributed by atoms with Gasteiger partial charge in [0.2, 0.25) is 0 Å². The molecule has 0 fully saturated rings. The van der Waals surface area contributed by atoms with Gasteiger partial charge in [0.25, 0.3) is 0 Å². The zero-order chi connectivity index (χ0) is 7.90. The molecule has 0 spiro atoms. The second-order valence-electron chi connectivity index (χ2n) is 2.20. The van der Waals surface area contributed by atoms with Crippen molar-refractivity contribution in [3.05, 3.63) is 34.1 Å². The summed E-state index contributed by atoms with van der Waals surface area (Å²) in [4.78, 5) is 0.677. The predicted octanol–water partition coefficient (Wildman–Crippen LogP) is 0.993. The largest absolute Gasteiger partial charge is 0.228 e. The summed E-state index contributed by atoms with van der Waals surface area (Å²) >= 11 is 1.37. The highest BCUT2D eigenvalue weighted by Crippen LogP contribution is 2.27. The normalized spacial score (nSPS) is 21.1. The van der Waals surface area contributed by atoms with Gasteiger partial charge in [-0.05, 0) is 17.0 Å². The van der Waals surface area contributed by atoms with Crippen molar-refractivity contribution in [1.82, 2.24) is 0 Å². The fourth-order valence-electron chi connectivity index (χ4n) is 0.878. The molecule has 0 atom stereocenters. The van der Waals surface area contributed by atoms with Crippen molar-refractivity contribution in [2.75, 3.05) is 5.75 Å². The van der Waals surface area contributed by atoms with Crippen LogP contribution in [0.4, 0.5) is 0 Å². The maximum absolute atomic E-state index is 10.9. The van der Waals surface area contributed by atoms with Crippen molar-refractivity contribution < 1.29 is 8.42 Å². The second kappa shape index (κ2) is 2.32. The lowest BCUT2D eigenvalue weighted by atomic mass is 10.2. The van der Waals surface area contributed by atoms with Crippen molar-refractivity contribution >= 4 is 21.2 Å². The van der Waals surface area contributed by atoms with Gasteiger partial charge in [-0.1, -0.05) is 0 Å². The SMILES string of the molecule is O=S1(=O)[C]c2sccc2[C]C1. The van der Waals surface area contributed by atoms with Gasteiger partial charge in [0.1, 0.15) is 0 Å². The van der Waals surface area contributed by atoms with E-state index in [2.05, 4.69) is 12.2 Å². The molecule has 4 radical (unpaired) electrons. The molecule has 0 bridgehead atoms. The van der Waals surface area contributed by atoms with Crippen LogP contribution in [0, 0.1) is 12.2 Å². The lowest BCUT2D eigenvalue weighted by molar-refractivity contribution is 0.603. The van der Waals surface area contributed by atoms with E-state index >= 15 is 0 Å². The Morgan fingerprint density at radius 3 is 3.18 bits per heavy atom. The van der Waals surface area contributed by atoms with Gasteiger partial charge in [-0.15, -0.1) is 11.3 Å². The van der Waals surface area contributed by atoms with Gasteiger partial charge >= 0.3 is 0 Å². The lowest BCUT2D eigenvalue weighted by Crippen LogP contribution is -2.13. The first-order valence-electron chi connectivity index (χ1n) is 2.99. The van der Waals surface area contributed by atoms with E-state index in [1.165, 1.54) is 11.3 Å². The summed E-state index contributed by atoms with van der Waals surface area (Å²) in [5.74, 6) is 2.41. The molecule has 0 aliphatic carbocycles. The number of thiophene rings is 1. The maximum atomic E-state index is 10.9. The van der Waals surface area contributed by atoms with Crippen LogP contribution in [0.15, 0.2) is 11.4 Å². The Morgan fingerprint density at radius 1 is 1.55 bits per heavy atom. The Labute approximate surface area is 69.8 Å². The third-order valence-corrected chi connectivity index (χ3v) is 3.36. The third-order valence-electron chi connectivity index (χ3n) is 1.37. The first-order chi connectivity index (χ1) is 5.17. The Morgan fingerprint density at radius 2 is 2.36 bits per heavy atom. The number of sulfone groups is 1. The maximum Gasteiger partial charge on any atom is 0.165 e. The quantitative estimate of drug-likeness (QED) is 0.602. The average Bonchev–Trinajstić information content (AvgIpc) is 2.31. The molecule has 0 unspecified atom stereocenters. The highest BCUT2D eigenvalue weighted by atomic mass is 32.2. The molecule has 2 heterocycles. The smallest absolute Gasteiger partial charge is 0.165 e. The molecule has 4 heteroatoms. The summed E-state index contributed by atoms with van der Waals surface area (Å²) in [6.07, 6.45) is 2.79. The van der Waals surface area contributed by atoms with Crippen LogP contribution in [0.1, 0.15) is 10.4 Å². The van der Waals surface area contributed by atoms with E-state index < -0.39 is 9.84 Å². The zero-order valence-electron chi connectivity index (χ0n) is 5.49. The molecule has 0 aromatic carbocycles. The number of hydrogen-bond donors (Lipinski definition) is 0. The summed E-state index contributed by atoms with van der Waals surface area (Å²) < 4.78 is 21.9. The van der Waals surface area contributed by atoms with Crippen molar-refractivity contribution in [2.45, 2.75) is 0 Å². The minimum absolute atomic E-state index is 0.0310. The Bertz CT molecular complexity index is 362. The third kappa shape index (κ3) is 1.32. The lowest BCUT2D eigenvalue weighted by Gasteiger charge is -2.08. The topological polar surface area (TPSA) is 34.1 Å². The van der Waals surface area contributed by atoms with Gasteiger partial charge in [-0.3, -0.25) is 0 Å². The molecule has 0 N–H and O–H groups in total. The van der Waals surface area contributed by atoms with E-state index in [1.807, 2.05) is 11.4 Å². The zero-order valence-corrected chi connectivity index (χ0v) is 7.13. The molecule has 0 saturated heterocycles. The summed E-state index contributed by atoms with van der Waals surface area (Å²) in [5, 5.41) is 1.84. The van der Waals surface area contributed by atoms with E-state index in [4.69, 9.17) is 0 Å². The molecule has 0 saturated carbocycles. The molecule has 1 aromatic rings. The Balaban J connectivity index is 2.47.